The Morgan fingerprint density at radius 1 is 0.833 bits per heavy atom. The first-order chi connectivity index (χ1) is 13.8. The number of hydrogen-bond acceptors (Lipinski definition) is 7. The molecule has 0 saturated heterocycles. The van der Waals surface area contributed by atoms with Gasteiger partial charge in [0.15, 0.2) is 0 Å². The van der Waals surface area contributed by atoms with Crippen LogP contribution < -0.4 is 0 Å². The number of unbranched alkanes of at least 4 members (excludes halogenated alkanes) is 1. The topological polar surface area (TPSA) is 147 Å². The summed E-state index contributed by atoms with van der Waals surface area (Å²) in [5, 5.41) is 23.7. The Morgan fingerprint density at radius 2 is 1.17 bits per heavy atom. The maximum atomic E-state index is 10.7. The van der Waals surface area contributed by atoms with Gasteiger partial charge in [-0.05, 0) is 27.2 Å². The van der Waals surface area contributed by atoms with Crippen LogP contribution in [-0.4, -0.2) is 59.0 Å². The van der Waals surface area contributed by atoms with E-state index in [1.165, 1.54) is 6.92 Å². The van der Waals surface area contributed by atoms with E-state index in [-0.39, 0.29) is 24.8 Å². The summed E-state index contributed by atoms with van der Waals surface area (Å²) in [7, 11) is 0. The van der Waals surface area contributed by atoms with Gasteiger partial charge in [-0.15, -0.1) is 0 Å². The summed E-state index contributed by atoms with van der Waals surface area (Å²) in [6.45, 7) is 20.0. The molecule has 30 heavy (non-hydrogen) atoms. The first-order valence-corrected chi connectivity index (χ1v) is 8.78. The van der Waals surface area contributed by atoms with Crippen LogP contribution in [0, 0.1) is 0 Å². The number of rotatable bonds is 9. The largest absolute Gasteiger partial charge is 0.478 e. The van der Waals surface area contributed by atoms with Crippen molar-refractivity contribution in [2.45, 2.75) is 40.5 Å². The van der Waals surface area contributed by atoms with Crippen molar-refractivity contribution in [2.75, 3.05) is 19.8 Å². The van der Waals surface area contributed by atoms with Crippen molar-refractivity contribution < 1.29 is 44.0 Å². The summed E-state index contributed by atoms with van der Waals surface area (Å²) < 4.78 is 9.27. The number of esters is 2. The first-order valence-electron chi connectivity index (χ1n) is 8.78. The lowest BCUT2D eigenvalue weighted by Crippen LogP contribution is -2.08. The maximum absolute atomic E-state index is 10.7. The zero-order valence-electron chi connectivity index (χ0n) is 18.2. The van der Waals surface area contributed by atoms with Crippen molar-refractivity contribution in [2.24, 2.45) is 0 Å². The van der Waals surface area contributed by atoms with E-state index in [1.54, 1.807) is 13.8 Å². The summed E-state index contributed by atoms with van der Waals surface area (Å²) in [5.74, 6) is -2.66. The van der Waals surface area contributed by atoms with Gasteiger partial charge in [0.25, 0.3) is 0 Å². The quantitative estimate of drug-likeness (QED) is 0.285. The SMILES string of the molecule is C=C(C)C(=O)O.C=C(C)C(=O)OCCCC.C=C(C)C(=O)OCCO.C=CC(=O)O. The molecule has 9 nitrogen and oxygen atoms in total. The second-order valence-electron chi connectivity index (χ2n) is 5.54. The number of carbonyl (C=O) groups is 4. The first kappa shape index (κ1) is 34.3. The molecular weight excluding hydrogens is 396 g/mol. The Bertz CT molecular complexity index is 577. The number of hydrogen-bond donors (Lipinski definition) is 3. The Balaban J connectivity index is -0.000000156. The fourth-order valence-corrected chi connectivity index (χ4v) is 0.694. The van der Waals surface area contributed by atoms with Gasteiger partial charge in [0.05, 0.1) is 13.2 Å². The molecule has 0 rings (SSSR count). The van der Waals surface area contributed by atoms with Crippen molar-refractivity contribution in [3.63, 3.8) is 0 Å². The summed E-state index contributed by atoms with van der Waals surface area (Å²) in [5.41, 5.74) is 0.995. The van der Waals surface area contributed by atoms with Gasteiger partial charge in [-0.25, -0.2) is 19.2 Å². The van der Waals surface area contributed by atoms with Crippen LogP contribution in [0.5, 0.6) is 0 Å². The zero-order valence-corrected chi connectivity index (χ0v) is 18.2. The minimum atomic E-state index is -0.981. The average molecular weight is 430 g/mol. The van der Waals surface area contributed by atoms with Gasteiger partial charge < -0.3 is 24.8 Å². The summed E-state index contributed by atoms with van der Waals surface area (Å²) >= 11 is 0. The molecule has 0 aliphatic rings. The Morgan fingerprint density at radius 3 is 1.37 bits per heavy atom. The normalized spacial score (nSPS) is 8.17. The van der Waals surface area contributed by atoms with Crippen LogP contribution in [-0.2, 0) is 28.7 Å². The van der Waals surface area contributed by atoms with E-state index in [4.69, 9.17) is 20.1 Å². The molecule has 0 aromatic carbocycles. The van der Waals surface area contributed by atoms with E-state index in [2.05, 4.69) is 38.0 Å². The van der Waals surface area contributed by atoms with Crippen LogP contribution in [0.1, 0.15) is 40.5 Å². The van der Waals surface area contributed by atoms with E-state index in [0.29, 0.717) is 17.8 Å². The van der Waals surface area contributed by atoms with Crippen LogP contribution in [0.2, 0.25) is 0 Å². The molecule has 172 valence electrons. The number of carboxylic acids is 2. The average Bonchev–Trinajstić information content (AvgIpc) is 2.67. The molecule has 3 N–H and O–H groups in total. The van der Waals surface area contributed by atoms with Gasteiger partial charge in [-0.3, -0.25) is 0 Å². The van der Waals surface area contributed by atoms with Gasteiger partial charge >= 0.3 is 23.9 Å². The number of aliphatic hydroxyl groups excluding tert-OH is 1. The minimum Gasteiger partial charge on any atom is -0.478 e. The maximum Gasteiger partial charge on any atom is 0.333 e. The number of aliphatic hydroxyl groups is 1. The Kier molecular flexibility index (Phi) is 27.3. The van der Waals surface area contributed by atoms with E-state index < -0.39 is 17.9 Å². The zero-order chi connectivity index (χ0) is 24.7. The molecule has 0 saturated carbocycles. The third kappa shape index (κ3) is 35.8. The van der Waals surface area contributed by atoms with E-state index in [0.717, 1.165) is 18.9 Å². The highest BCUT2D eigenvalue weighted by Gasteiger charge is 2.00. The smallest absolute Gasteiger partial charge is 0.333 e. The minimum absolute atomic E-state index is 0.0473. The molecule has 0 atom stereocenters. The van der Waals surface area contributed by atoms with Gasteiger partial charge in [0.1, 0.15) is 6.61 Å². The standard InChI is InChI=1S/C8H14O2.C6H10O3.C4H6O2.C3H4O2/c1-4-5-6-10-8(9)7(2)3;1-5(2)6(8)9-4-3-7;1-3(2)4(5)6;1-2-3(4)5/h2,4-6H2,1,3H3;7H,1,3-4H2,2H3;1H2,2H3,(H,5,6);2H,1H2,(H,4,5). The summed E-state index contributed by atoms with van der Waals surface area (Å²) in [6.07, 6.45) is 2.81. The number of ether oxygens (including phenoxy) is 2. The molecule has 0 unspecified atom stereocenters. The van der Waals surface area contributed by atoms with Crippen molar-refractivity contribution in [1.82, 2.24) is 0 Å². The van der Waals surface area contributed by atoms with Crippen LogP contribution in [0.3, 0.4) is 0 Å². The van der Waals surface area contributed by atoms with Crippen LogP contribution in [0.4, 0.5) is 0 Å². The number of aliphatic carboxylic acids is 2. The molecule has 0 bridgehead atoms. The molecule has 0 aliphatic carbocycles. The second kappa shape index (κ2) is 23.8. The second-order valence-corrected chi connectivity index (χ2v) is 5.54. The lowest BCUT2D eigenvalue weighted by Gasteiger charge is -2.01. The molecule has 0 spiro atoms. The van der Waals surface area contributed by atoms with Crippen LogP contribution in [0.15, 0.2) is 49.1 Å². The molecule has 9 heteroatoms. The lowest BCUT2D eigenvalue weighted by atomic mass is 10.3. The Labute approximate surface area is 178 Å². The molecule has 0 fully saturated rings. The predicted molar refractivity (Wildman–Crippen MR) is 114 cm³/mol. The molecule has 0 aromatic rings. The van der Waals surface area contributed by atoms with Crippen molar-refractivity contribution >= 4 is 23.9 Å². The van der Waals surface area contributed by atoms with E-state index >= 15 is 0 Å². The van der Waals surface area contributed by atoms with Gasteiger partial charge in [0.2, 0.25) is 0 Å². The highest BCUT2D eigenvalue weighted by molar-refractivity contribution is 5.87. The number of carbonyl (C=O) groups excluding carboxylic acids is 2. The molecular formula is C21H34O9. The van der Waals surface area contributed by atoms with Gasteiger partial charge in [0, 0.05) is 22.8 Å². The highest BCUT2D eigenvalue weighted by Crippen LogP contribution is 1.94. The molecule has 0 heterocycles. The fourth-order valence-electron chi connectivity index (χ4n) is 0.694. The van der Waals surface area contributed by atoms with Crippen molar-refractivity contribution in [3.8, 4) is 0 Å². The van der Waals surface area contributed by atoms with E-state index in [1.807, 2.05) is 0 Å². The fraction of sp³-hybridized carbons (Fsp3) is 0.429. The summed E-state index contributed by atoms with van der Waals surface area (Å²) in [4.78, 5) is 40.0. The monoisotopic (exact) mass is 430 g/mol. The molecule has 0 aromatic heterocycles. The lowest BCUT2D eigenvalue weighted by molar-refractivity contribution is -0.140. The van der Waals surface area contributed by atoms with Crippen molar-refractivity contribution in [1.29, 1.82) is 0 Å². The molecule has 0 aliphatic heterocycles. The van der Waals surface area contributed by atoms with Gasteiger partial charge in [-0.2, -0.15) is 0 Å². The summed E-state index contributed by atoms with van der Waals surface area (Å²) in [6, 6.07) is 0. The van der Waals surface area contributed by atoms with Crippen LogP contribution >= 0.6 is 0 Å². The van der Waals surface area contributed by atoms with Crippen LogP contribution in [0.25, 0.3) is 0 Å². The van der Waals surface area contributed by atoms with E-state index in [9.17, 15) is 19.2 Å². The van der Waals surface area contributed by atoms with Crippen molar-refractivity contribution in [3.05, 3.63) is 49.1 Å². The van der Waals surface area contributed by atoms with Gasteiger partial charge in [-0.1, -0.05) is 39.7 Å². The predicted octanol–water partition coefficient (Wildman–Crippen LogP) is 2.91. The molecule has 0 radical (unpaired) electrons. The Hall–Kier alpha value is -3.20. The molecule has 0 amide bonds. The third-order valence-electron chi connectivity index (χ3n) is 2.29. The number of carboxylic acid groups (broad SMARTS) is 2. The third-order valence-corrected chi connectivity index (χ3v) is 2.29. The highest BCUT2D eigenvalue weighted by atomic mass is 16.5.